The van der Waals surface area contributed by atoms with Crippen molar-refractivity contribution in [1.29, 1.82) is 0 Å². The van der Waals surface area contributed by atoms with E-state index in [1.807, 2.05) is 0 Å². The van der Waals surface area contributed by atoms with Crippen molar-refractivity contribution in [3.05, 3.63) is 57.7 Å². The number of hydrogen-bond acceptors (Lipinski definition) is 5. The molecule has 3 aromatic rings. The first-order chi connectivity index (χ1) is 15.1. The molecule has 32 heavy (non-hydrogen) atoms. The molecule has 2 heterocycles. The fourth-order valence-corrected chi connectivity index (χ4v) is 4.39. The number of hydrogen-bond donors (Lipinski definition) is 1. The molecular formula is C21H16Cl2F3N3O3. The summed E-state index contributed by atoms with van der Waals surface area (Å²) in [6.07, 6.45) is -2.83. The Morgan fingerprint density at radius 1 is 1.12 bits per heavy atom. The lowest BCUT2D eigenvalue weighted by Crippen LogP contribution is -2.37. The van der Waals surface area contributed by atoms with Gasteiger partial charge >= 0.3 is 6.36 Å². The van der Waals surface area contributed by atoms with E-state index in [0.717, 1.165) is 30.5 Å². The number of rotatable bonds is 4. The number of ether oxygens (including phenoxy) is 1. The van der Waals surface area contributed by atoms with Gasteiger partial charge in [0.2, 0.25) is 5.88 Å². The van der Waals surface area contributed by atoms with Crippen LogP contribution in [0.2, 0.25) is 10.0 Å². The molecule has 0 bridgehead atoms. The molecule has 0 saturated carbocycles. The number of likely N-dealkylation sites (tertiary alicyclic amines) is 1. The molecule has 1 aliphatic rings. The molecule has 1 aromatic heterocycles. The molecule has 1 aliphatic heterocycles. The number of amides is 1. The van der Waals surface area contributed by atoms with E-state index >= 15 is 0 Å². The molecule has 1 amide bonds. The third kappa shape index (κ3) is 4.99. The molecule has 11 heteroatoms. The summed E-state index contributed by atoms with van der Waals surface area (Å²) < 4.78 is 41.1. The van der Waals surface area contributed by atoms with Crippen molar-refractivity contribution in [2.75, 3.05) is 6.54 Å². The first-order valence-electron chi connectivity index (χ1n) is 9.61. The van der Waals surface area contributed by atoms with E-state index in [1.54, 1.807) is 23.1 Å². The Balaban J connectivity index is 1.59. The highest BCUT2D eigenvalue weighted by molar-refractivity contribution is 6.34. The summed E-state index contributed by atoms with van der Waals surface area (Å²) in [5, 5.41) is 11.3. The number of carbonyl (C=O) groups is 1. The first-order valence-corrected chi connectivity index (χ1v) is 10.4. The van der Waals surface area contributed by atoms with Gasteiger partial charge in [-0.1, -0.05) is 23.2 Å². The molecule has 1 N–H and O–H groups in total. The summed E-state index contributed by atoms with van der Waals surface area (Å²) >= 11 is 12.1. The molecule has 0 aliphatic carbocycles. The summed E-state index contributed by atoms with van der Waals surface area (Å²) in [6.45, 7) is 0.468. The van der Waals surface area contributed by atoms with Gasteiger partial charge in [-0.15, -0.1) is 13.2 Å². The van der Waals surface area contributed by atoms with Crippen molar-refractivity contribution in [2.24, 2.45) is 0 Å². The maximum atomic E-state index is 13.1. The Labute approximate surface area is 190 Å². The number of benzene rings is 2. The van der Waals surface area contributed by atoms with Crippen LogP contribution >= 0.6 is 23.2 Å². The van der Waals surface area contributed by atoms with Crippen LogP contribution in [0, 0.1) is 0 Å². The molecule has 4 rings (SSSR count). The largest absolute Gasteiger partial charge is 0.573 e. The summed E-state index contributed by atoms with van der Waals surface area (Å²) in [5.74, 6) is -1.68. The Bertz CT molecular complexity index is 1170. The number of alkyl halides is 3. The lowest BCUT2D eigenvalue weighted by molar-refractivity contribution is -0.274. The number of aromatic nitrogens is 2. The number of halogens is 5. The molecule has 1 saturated heterocycles. The van der Waals surface area contributed by atoms with Gasteiger partial charge in [-0.05, 0) is 55.2 Å². The molecule has 1 atom stereocenters. The summed E-state index contributed by atoms with van der Waals surface area (Å²) in [7, 11) is 0. The van der Waals surface area contributed by atoms with E-state index in [4.69, 9.17) is 23.2 Å². The zero-order chi connectivity index (χ0) is 23.0. The van der Waals surface area contributed by atoms with Crippen LogP contribution < -0.4 is 4.74 Å². The zero-order valence-electron chi connectivity index (χ0n) is 16.4. The zero-order valence-corrected chi connectivity index (χ0v) is 17.9. The maximum absolute atomic E-state index is 13.1. The van der Waals surface area contributed by atoms with Gasteiger partial charge < -0.3 is 14.7 Å². The van der Waals surface area contributed by atoms with Crippen molar-refractivity contribution in [2.45, 2.75) is 31.7 Å². The molecule has 168 valence electrons. The number of aromatic hydroxyl groups is 1. The van der Waals surface area contributed by atoms with Crippen LogP contribution in [-0.2, 0) is 6.42 Å². The lowest BCUT2D eigenvalue weighted by Gasteiger charge is -2.25. The predicted molar refractivity (Wildman–Crippen MR) is 112 cm³/mol. The smallest absolute Gasteiger partial charge is 0.492 e. The third-order valence-electron chi connectivity index (χ3n) is 5.09. The predicted octanol–water partition coefficient (Wildman–Crippen LogP) is 5.39. The van der Waals surface area contributed by atoms with E-state index < -0.39 is 23.9 Å². The van der Waals surface area contributed by atoms with Gasteiger partial charge in [-0.2, -0.15) is 0 Å². The second-order valence-corrected chi connectivity index (χ2v) is 8.24. The van der Waals surface area contributed by atoms with Crippen LogP contribution in [0.15, 0.2) is 36.4 Å². The first kappa shape index (κ1) is 22.4. The molecule has 2 aromatic carbocycles. The normalized spacial score (nSPS) is 16.5. The van der Waals surface area contributed by atoms with Gasteiger partial charge in [0.15, 0.2) is 5.69 Å². The fraction of sp³-hybridized carbons (Fsp3) is 0.286. The fourth-order valence-electron chi connectivity index (χ4n) is 3.82. The summed E-state index contributed by atoms with van der Waals surface area (Å²) in [4.78, 5) is 22.7. The molecule has 1 fully saturated rings. The SMILES string of the molecule is O=C(c1nc2ccc(OC(F)(F)F)cc2nc1O)N1CCC[C@H]1Cc1cc(Cl)cc(Cl)c1. The van der Waals surface area contributed by atoms with E-state index in [9.17, 15) is 23.1 Å². The molecule has 6 nitrogen and oxygen atoms in total. The van der Waals surface area contributed by atoms with Crippen molar-refractivity contribution >= 4 is 40.1 Å². The monoisotopic (exact) mass is 485 g/mol. The maximum Gasteiger partial charge on any atom is 0.573 e. The average molecular weight is 486 g/mol. The highest BCUT2D eigenvalue weighted by Crippen LogP contribution is 2.30. The minimum Gasteiger partial charge on any atom is -0.492 e. The quantitative estimate of drug-likeness (QED) is 0.536. The Morgan fingerprint density at radius 2 is 1.84 bits per heavy atom. The minimum atomic E-state index is -4.86. The van der Waals surface area contributed by atoms with E-state index in [2.05, 4.69) is 14.7 Å². The lowest BCUT2D eigenvalue weighted by atomic mass is 10.0. The topological polar surface area (TPSA) is 75.5 Å². The van der Waals surface area contributed by atoms with Crippen LogP contribution in [-0.4, -0.2) is 44.8 Å². The van der Waals surface area contributed by atoms with Gasteiger partial charge in [-0.3, -0.25) is 4.79 Å². The van der Waals surface area contributed by atoms with Crippen LogP contribution in [0.3, 0.4) is 0 Å². The van der Waals surface area contributed by atoms with Gasteiger partial charge in [0.25, 0.3) is 5.91 Å². The summed E-state index contributed by atoms with van der Waals surface area (Å²) in [5.41, 5.74) is 0.724. The van der Waals surface area contributed by atoms with Gasteiger partial charge in [0.1, 0.15) is 5.75 Å². The van der Waals surface area contributed by atoms with Crippen molar-refractivity contribution < 1.29 is 27.8 Å². The van der Waals surface area contributed by atoms with Crippen LogP contribution in [0.4, 0.5) is 13.2 Å². The molecular weight excluding hydrogens is 470 g/mol. The van der Waals surface area contributed by atoms with E-state index in [1.165, 1.54) is 6.07 Å². The summed E-state index contributed by atoms with van der Waals surface area (Å²) in [6, 6.07) is 8.33. The highest BCUT2D eigenvalue weighted by Gasteiger charge is 2.33. The molecule has 0 unspecified atom stereocenters. The molecule has 0 spiro atoms. The van der Waals surface area contributed by atoms with Crippen molar-refractivity contribution in [3.63, 3.8) is 0 Å². The van der Waals surface area contributed by atoms with Crippen molar-refractivity contribution in [3.8, 4) is 11.6 Å². The number of nitrogens with zero attached hydrogens (tertiary/aromatic N) is 3. The van der Waals surface area contributed by atoms with Gasteiger partial charge in [-0.25, -0.2) is 9.97 Å². The Hall–Kier alpha value is -2.78. The van der Waals surface area contributed by atoms with Crippen molar-refractivity contribution in [1.82, 2.24) is 14.9 Å². The second kappa shape index (κ2) is 8.63. The standard InChI is InChI=1S/C21H16Cl2F3N3O3/c22-12-6-11(7-13(23)9-12)8-14-2-1-5-29(14)20(31)18-19(30)28-17-10-15(32-21(24,25)26)3-4-16(17)27-18/h3-4,6-7,9-10,14H,1-2,5,8H2,(H,28,30)/t14-/m0/s1. The van der Waals surface area contributed by atoms with Gasteiger partial charge in [0.05, 0.1) is 11.0 Å². The highest BCUT2D eigenvalue weighted by atomic mass is 35.5. The van der Waals surface area contributed by atoms with Crippen LogP contribution in [0.1, 0.15) is 28.9 Å². The number of fused-ring (bicyclic) bond motifs is 1. The molecule has 0 radical (unpaired) electrons. The van der Waals surface area contributed by atoms with Gasteiger partial charge in [0, 0.05) is 28.7 Å². The number of carbonyl (C=O) groups excluding carboxylic acids is 1. The van der Waals surface area contributed by atoms with Crippen LogP contribution in [0.25, 0.3) is 11.0 Å². The minimum absolute atomic E-state index is 0.0349. The van der Waals surface area contributed by atoms with Crippen LogP contribution in [0.5, 0.6) is 11.6 Å². The van der Waals surface area contributed by atoms with E-state index in [-0.39, 0.29) is 22.8 Å². The second-order valence-electron chi connectivity index (χ2n) is 7.37. The third-order valence-corrected chi connectivity index (χ3v) is 5.52. The van der Waals surface area contributed by atoms with E-state index in [0.29, 0.717) is 23.0 Å². The average Bonchev–Trinajstić information content (AvgIpc) is 3.12. The Kier molecular flexibility index (Phi) is 6.05. The Morgan fingerprint density at radius 3 is 2.53 bits per heavy atom.